The minimum atomic E-state index is -0.960. The molecular weight excluding hydrogens is 242 g/mol. The monoisotopic (exact) mass is 257 g/mol. The van der Waals surface area contributed by atoms with Crippen LogP contribution in [0.2, 0.25) is 0 Å². The summed E-state index contributed by atoms with van der Waals surface area (Å²) in [5.41, 5.74) is 1.78. The Labute approximate surface area is 110 Å². The van der Waals surface area contributed by atoms with E-state index >= 15 is 0 Å². The van der Waals surface area contributed by atoms with Gasteiger partial charge in [-0.3, -0.25) is 4.79 Å². The molecule has 0 bridgehead atoms. The average molecular weight is 257 g/mol. The SMILES string of the molecule is C=CCn1c(=O)ccc2cc(C(=O)O)cc(CC)c21. The number of hydrogen-bond donors (Lipinski definition) is 1. The normalized spacial score (nSPS) is 10.6. The first-order valence-corrected chi connectivity index (χ1v) is 6.09. The molecule has 0 aliphatic rings. The highest BCUT2D eigenvalue weighted by Gasteiger charge is 2.11. The second-order valence-electron chi connectivity index (χ2n) is 4.30. The summed E-state index contributed by atoms with van der Waals surface area (Å²) in [7, 11) is 0. The van der Waals surface area contributed by atoms with Gasteiger partial charge in [-0.05, 0) is 35.6 Å². The van der Waals surface area contributed by atoms with Crippen molar-refractivity contribution in [3.05, 3.63) is 58.4 Å². The summed E-state index contributed by atoms with van der Waals surface area (Å²) in [6, 6.07) is 6.35. The van der Waals surface area contributed by atoms with Crippen molar-refractivity contribution in [1.82, 2.24) is 4.57 Å². The fourth-order valence-corrected chi connectivity index (χ4v) is 2.24. The predicted octanol–water partition coefficient (Wildman–Crippen LogP) is 2.45. The molecule has 0 aliphatic carbocycles. The molecule has 19 heavy (non-hydrogen) atoms. The van der Waals surface area contributed by atoms with Crippen LogP contribution in [0.1, 0.15) is 22.8 Å². The maximum Gasteiger partial charge on any atom is 0.335 e. The van der Waals surface area contributed by atoms with E-state index in [2.05, 4.69) is 6.58 Å². The maximum atomic E-state index is 11.9. The number of aryl methyl sites for hydroxylation is 1. The summed E-state index contributed by atoms with van der Waals surface area (Å²) in [5, 5.41) is 9.87. The minimum absolute atomic E-state index is 0.106. The molecule has 1 heterocycles. The van der Waals surface area contributed by atoms with Gasteiger partial charge in [-0.25, -0.2) is 4.79 Å². The van der Waals surface area contributed by atoms with Gasteiger partial charge in [-0.1, -0.05) is 13.0 Å². The van der Waals surface area contributed by atoms with Crippen LogP contribution in [0.25, 0.3) is 10.9 Å². The smallest absolute Gasteiger partial charge is 0.335 e. The van der Waals surface area contributed by atoms with Crippen molar-refractivity contribution in [2.45, 2.75) is 19.9 Å². The van der Waals surface area contributed by atoms with Crippen molar-refractivity contribution in [2.75, 3.05) is 0 Å². The van der Waals surface area contributed by atoms with Gasteiger partial charge >= 0.3 is 5.97 Å². The number of aromatic nitrogens is 1. The van der Waals surface area contributed by atoms with Gasteiger partial charge in [-0.2, -0.15) is 0 Å². The lowest BCUT2D eigenvalue weighted by atomic mass is 10.0. The molecule has 0 spiro atoms. The standard InChI is InChI=1S/C15H15NO3/c1-3-7-16-13(17)6-5-11-9-12(15(18)19)8-10(4-2)14(11)16/h3,5-6,8-9H,1,4,7H2,2H3,(H,18,19). The zero-order chi connectivity index (χ0) is 14.0. The molecule has 4 heteroatoms. The number of carboxylic acid groups (broad SMARTS) is 1. The topological polar surface area (TPSA) is 59.3 Å². The number of pyridine rings is 1. The van der Waals surface area contributed by atoms with Gasteiger partial charge in [0.15, 0.2) is 0 Å². The molecule has 0 saturated heterocycles. The van der Waals surface area contributed by atoms with Crippen LogP contribution in [0.3, 0.4) is 0 Å². The average Bonchev–Trinajstić information content (AvgIpc) is 2.40. The van der Waals surface area contributed by atoms with Gasteiger partial charge in [0, 0.05) is 12.6 Å². The van der Waals surface area contributed by atoms with Crippen LogP contribution in [0.4, 0.5) is 0 Å². The Bertz CT molecular complexity index is 713. The molecule has 2 aromatic rings. The third-order valence-corrected chi connectivity index (χ3v) is 3.10. The molecule has 0 fully saturated rings. The largest absolute Gasteiger partial charge is 0.478 e. The lowest BCUT2D eigenvalue weighted by Gasteiger charge is -2.12. The van der Waals surface area contributed by atoms with Crippen molar-refractivity contribution in [1.29, 1.82) is 0 Å². The quantitative estimate of drug-likeness (QED) is 0.856. The van der Waals surface area contributed by atoms with Gasteiger partial charge < -0.3 is 9.67 Å². The van der Waals surface area contributed by atoms with Crippen LogP contribution in [-0.2, 0) is 13.0 Å². The van der Waals surface area contributed by atoms with Gasteiger partial charge in [0.05, 0.1) is 11.1 Å². The Morgan fingerprint density at radius 2 is 2.16 bits per heavy atom. The number of carbonyl (C=O) groups is 1. The van der Waals surface area contributed by atoms with E-state index in [1.54, 1.807) is 28.8 Å². The number of fused-ring (bicyclic) bond motifs is 1. The lowest BCUT2D eigenvalue weighted by molar-refractivity contribution is 0.0697. The Hall–Kier alpha value is -2.36. The number of nitrogens with zero attached hydrogens (tertiary/aromatic N) is 1. The molecule has 98 valence electrons. The van der Waals surface area contributed by atoms with Gasteiger partial charge in [0.2, 0.25) is 0 Å². The summed E-state index contributed by atoms with van der Waals surface area (Å²) in [6.45, 7) is 6.00. The molecule has 1 aromatic heterocycles. The second kappa shape index (κ2) is 5.10. The number of rotatable bonds is 4. The molecule has 0 aliphatic heterocycles. The number of benzene rings is 1. The third kappa shape index (κ3) is 2.29. The molecule has 2 rings (SSSR count). The maximum absolute atomic E-state index is 11.9. The van der Waals surface area contributed by atoms with E-state index in [-0.39, 0.29) is 11.1 Å². The van der Waals surface area contributed by atoms with Crippen molar-refractivity contribution >= 4 is 16.9 Å². The molecule has 4 nitrogen and oxygen atoms in total. The van der Waals surface area contributed by atoms with E-state index in [0.29, 0.717) is 13.0 Å². The van der Waals surface area contributed by atoms with Crippen LogP contribution < -0.4 is 5.56 Å². The van der Waals surface area contributed by atoms with Crippen LogP contribution in [0.5, 0.6) is 0 Å². The first-order chi connectivity index (χ1) is 9.08. The Morgan fingerprint density at radius 3 is 2.74 bits per heavy atom. The predicted molar refractivity (Wildman–Crippen MR) is 74.7 cm³/mol. The van der Waals surface area contributed by atoms with Gasteiger partial charge in [-0.15, -0.1) is 6.58 Å². The van der Waals surface area contributed by atoms with Crippen molar-refractivity contribution in [3.8, 4) is 0 Å². The number of aromatic carboxylic acids is 1. The minimum Gasteiger partial charge on any atom is -0.478 e. The van der Waals surface area contributed by atoms with Crippen LogP contribution in [0, 0.1) is 0 Å². The van der Waals surface area contributed by atoms with Gasteiger partial charge in [0.25, 0.3) is 5.56 Å². The van der Waals surface area contributed by atoms with Crippen molar-refractivity contribution in [3.63, 3.8) is 0 Å². The second-order valence-corrected chi connectivity index (χ2v) is 4.30. The Balaban J connectivity index is 2.89. The summed E-state index contributed by atoms with van der Waals surface area (Å²) >= 11 is 0. The molecule has 0 atom stereocenters. The fourth-order valence-electron chi connectivity index (χ4n) is 2.24. The highest BCUT2D eigenvalue weighted by molar-refractivity contribution is 5.94. The van der Waals surface area contributed by atoms with Gasteiger partial charge in [0.1, 0.15) is 0 Å². The summed E-state index contributed by atoms with van der Waals surface area (Å²) in [4.78, 5) is 23.0. The summed E-state index contributed by atoms with van der Waals surface area (Å²) < 4.78 is 1.62. The zero-order valence-electron chi connectivity index (χ0n) is 10.7. The summed E-state index contributed by atoms with van der Waals surface area (Å²) in [6.07, 6.45) is 2.32. The van der Waals surface area contributed by atoms with E-state index in [0.717, 1.165) is 16.5 Å². The molecule has 1 N–H and O–H groups in total. The van der Waals surface area contributed by atoms with Crippen molar-refractivity contribution in [2.24, 2.45) is 0 Å². The molecule has 0 amide bonds. The van der Waals surface area contributed by atoms with E-state index < -0.39 is 5.97 Å². The fraction of sp³-hybridized carbons (Fsp3) is 0.200. The molecule has 0 saturated carbocycles. The third-order valence-electron chi connectivity index (χ3n) is 3.10. The first kappa shape index (κ1) is 13.1. The summed E-state index contributed by atoms with van der Waals surface area (Å²) in [5.74, 6) is -0.960. The zero-order valence-corrected chi connectivity index (χ0v) is 10.7. The van der Waals surface area contributed by atoms with E-state index in [1.807, 2.05) is 6.92 Å². The molecular formula is C15H15NO3. The van der Waals surface area contributed by atoms with Crippen LogP contribution >= 0.6 is 0 Å². The van der Waals surface area contributed by atoms with E-state index in [9.17, 15) is 9.59 Å². The Kier molecular flexibility index (Phi) is 3.51. The van der Waals surface area contributed by atoms with Crippen LogP contribution in [-0.4, -0.2) is 15.6 Å². The highest BCUT2D eigenvalue weighted by atomic mass is 16.4. The molecule has 1 aromatic carbocycles. The van der Waals surface area contributed by atoms with Crippen LogP contribution in [0.15, 0.2) is 41.7 Å². The van der Waals surface area contributed by atoms with Crippen molar-refractivity contribution < 1.29 is 9.90 Å². The molecule has 0 unspecified atom stereocenters. The number of carboxylic acids is 1. The van der Waals surface area contributed by atoms with E-state index in [4.69, 9.17) is 5.11 Å². The highest BCUT2D eigenvalue weighted by Crippen LogP contribution is 2.21. The first-order valence-electron chi connectivity index (χ1n) is 6.09. The number of hydrogen-bond acceptors (Lipinski definition) is 2. The lowest BCUT2D eigenvalue weighted by Crippen LogP contribution is -2.19. The molecule has 0 radical (unpaired) electrons. The number of allylic oxidation sites excluding steroid dienone is 1. The van der Waals surface area contributed by atoms with E-state index in [1.165, 1.54) is 6.07 Å². The Morgan fingerprint density at radius 1 is 1.42 bits per heavy atom.